The summed E-state index contributed by atoms with van der Waals surface area (Å²) in [6.45, 7) is 0.521. The van der Waals surface area contributed by atoms with Crippen molar-refractivity contribution < 1.29 is 22.8 Å². The fraction of sp³-hybridized carbons (Fsp3) is 0.438. The number of sulfonamides is 1. The first-order valence-corrected chi connectivity index (χ1v) is 9.76. The lowest BCUT2D eigenvalue weighted by Gasteiger charge is -2.30. The molecule has 134 valence electrons. The fourth-order valence-electron chi connectivity index (χ4n) is 3.20. The maximum absolute atomic E-state index is 12.6. The third-order valence-electron chi connectivity index (χ3n) is 4.60. The van der Waals surface area contributed by atoms with Crippen LogP contribution in [0.1, 0.15) is 33.6 Å². The summed E-state index contributed by atoms with van der Waals surface area (Å²) < 4.78 is 24.7. The monoisotopic (exact) mass is 365 g/mol. The van der Waals surface area contributed by atoms with Gasteiger partial charge >= 0.3 is 0 Å². The first-order valence-electron chi connectivity index (χ1n) is 7.91. The summed E-state index contributed by atoms with van der Waals surface area (Å²) >= 11 is 0. The van der Waals surface area contributed by atoms with Crippen molar-refractivity contribution in [1.29, 1.82) is 0 Å². The number of carbonyl (C=O) groups excluding carboxylic acids is 3. The van der Waals surface area contributed by atoms with Crippen LogP contribution in [0, 0.1) is 5.92 Å². The molecule has 1 saturated heterocycles. The molecule has 0 aliphatic carbocycles. The summed E-state index contributed by atoms with van der Waals surface area (Å²) in [6, 6.07) is 4.71. The zero-order valence-electron chi connectivity index (χ0n) is 14.0. The standard InChI is InChI=1S/C16H19N3O5S/c1-18-15(21)11-6-3-7-12(13(11)16(18)22)17-14(20)10-5-4-8-19(9-10)25(2,23)24/h3,6-7,10H,4-5,8-9H2,1-2H3,(H,17,20). The van der Waals surface area contributed by atoms with E-state index in [9.17, 15) is 22.8 Å². The zero-order chi connectivity index (χ0) is 18.4. The number of nitrogens with one attached hydrogen (secondary N) is 1. The van der Waals surface area contributed by atoms with Gasteiger partial charge in [0.15, 0.2) is 0 Å². The molecule has 25 heavy (non-hydrogen) atoms. The van der Waals surface area contributed by atoms with Crippen molar-refractivity contribution in [2.75, 3.05) is 31.7 Å². The van der Waals surface area contributed by atoms with Gasteiger partial charge in [0.05, 0.1) is 29.0 Å². The number of piperidine rings is 1. The Morgan fingerprint density at radius 1 is 1.24 bits per heavy atom. The van der Waals surface area contributed by atoms with E-state index >= 15 is 0 Å². The molecule has 1 atom stereocenters. The highest BCUT2D eigenvalue weighted by Crippen LogP contribution is 2.29. The Morgan fingerprint density at radius 3 is 2.64 bits per heavy atom. The van der Waals surface area contributed by atoms with Crippen molar-refractivity contribution in [3.8, 4) is 0 Å². The van der Waals surface area contributed by atoms with Crippen LogP contribution >= 0.6 is 0 Å². The maximum atomic E-state index is 12.6. The van der Waals surface area contributed by atoms with Crippen LogP contribution in [0.25, 0.3) is 0 Å². The maximum Gasteiger partial charge on any atom is 0.263 e. The average Bonchev–Trinajstić information content (AvgIpc) is 2.79. The summed E-state index contributed by atoms with van der Waals surface area (Å²) in [5.74, 6) is -1.71. The normalized spacial score (nSPS) is 21.4. The van der Waals surface area contributed by atoms with Gasteiger partial charge in [0.1, 0.15) is 0 Å². The van der Waals surface area contributed by atoms with Crippen LogP contribution < -0.4 is 5.32 Å². The lowest BCUT2D eigenvalue weighted by molar-refractivity contribution is -0.120. The van der Waals surface area contributed by atoms with E-state index in [0.717, 1.165) is 11.2 Å². The van der Waals surface area contributed by atoms with Gasteiger partial charge < -0.3 is 5.32 Å². The Morgan fingerprint density at radius 2 is 1.96 bits per heavy atom. The number of imide groups is 1. The average molecular weight is 365 g/mol. The van der Waals surface area contributed by atoms with Gasteiger partial charge in [-0.3, -0.25) is 19.3 Å². The first kappa shape index (κ1) is 17.6. The predicted molar refractivity (Wildman–Crippen MR) is 90.6 cm³/mol. The third-order valence-corrected chi connectivity index (χ3v) is 5.87. The molecule has 9 heteroatoms. The van der Waals surface area contributed by atoms with Crippen molar-refractivity contribution in [1.82, 2.24) is 9.21 Å². The SMILES string of the molecule is CN1C(=O)c2cccc(NC(=O)C3CCCN(S(C)(=O)=O)C3)c2C1=O. The summed E-state index contributed by atoms with van der Waals surface area (Å²) in [7, 11) is -1.96. The quantitative estimate of drug-likeness (QED) is 0.787. The number of hydrogen-bond donors (Lipinski definition) is 1. The number of benzene rings is 1. The Labute approximate surface area is 145 Å². The molecule has 0 aromatic heterocycles. The lowest BCUT2D eigenvalue weighted by Crippen LogP contribution is -2.43. The highest BCUT2D eigenvalue weighted by Gasteiger charge is 2.36. The summed E-state index contributed by atoms with van der Waals surface area (Å²) in [5, 5.41) is 2.70. The molecule has 2 aliphatic rings. The summed E-state index contributed by atoms with van der Waals surface area (Å²) in [4.78, 5) is 37.8. The molecule has 3 rings (SSSR count). The van der Waals surface area contributed by atoms with E-state index in [0.29, 0.717) is 19.4 Å². The van der Waals surface area contributed by atoms with Crippen LogP contribution in [0.15, 0.2) is 18.2 Å². The molecule has 0 radical (unpaired) electrons. The van der Waals surface area contributed by atoms with E-state index in [1.165, 1.54) is 11.4 Å². The molecule has 1 fully saturated rings. The highest BCUT2D eigenvalue weighted by atomic mass is 32.2. The number of anilines is 1. The van der Waals surface area contributed by atoms with E-state index in [-0.39, 0.29) is 29.3 Å². The topological polar surface area (TPSA) is 104 Å². The molecule has 2 heterocycles. The fourth-order valence-corrected chi connectivity index (χ4v) is 4.11. The second kappa shape index (κ2) is 6.23. The van der Waals surface area contributed by atoms with E-state index in [2.05, 4.69) is 5.32 Å². The van der Waals surface area contributed by atoms with Gasteiger partial charge in [-0.15, -0.1) is 0 Å². The minimum Gasteiger partial charge on any atom is -0.325 e. The Balaban J connectivity index is 1.81. The molecule has 1 aromatic carbocycles. The number of fused-ring (bicyclic) bond motifs is 1. The minimum atomic E-state index is -3.35. The first-order chi connectivity index (χ1) is 11.7. The second-order valence-electron chi connectivity index (χ2n) is 6.35. The second-order valence-corrected chi connectivity index (χ2v) is 8.33. The van der Waals surface area contributed by atoms with Crippen molar-refractivity contribution in [3.63, 3.8) is 0 Å². The molecule has 1 aromatic rings. The van der Waals surface area contributed by atoms with Crippen LogP contribution in [0.5, 0.6) is 0 Å². The summed E-state index contributed by atoms with van der Waals surface area (Å²) in [5.41, 5.74) is 0.715. The zero-order valence-corrected chi connectivity index (χ0v) is 14.8. The van der Waals surface area contributed by atoms with E-state index < -0.39 is 27.8 Å². The molecule has 3 amide bonds. The van der Waals surface area contributed by atoms with Gasteiger partial charge in [-0.05, 0) is 25.0 Å². The predicted octanol–water partition coefficient (Wildman–Crippen LogP) is 0.523. The van der Waals surface area contributed by atoms with Gasteiger partial charge in [-0.1, -0.05) is 6.07 Å². The number of hydrogen-bond acceptors (Lipinski definition) is 5. The molecule has 8 nitrogen and oxygen atoms in total. The Hall–Kier alpha value is -2.26. The molecule has 1 unspecified atom stereocenters. The van der Waals surface area contributed by atoms with Gasteiger partial charge in [0, 0.05) is 20.1 Å². The largest absolute Gasteiger partial charge is 0.325 e. The van der Waals surface area contributed by atoms with E-state index in [4.69, 9.17) is 0 Å². The molecular weight excluding hydrogens is 346 g/mol. The van der Waals surface area contributed by atoms with Gasteiger partial charge in [0.25, 0.3) is 11.8 Å². The molecule has 0 saturated carbocycles. The van der Waals surface area contributed by atoms with Gasteiger partial charge in [-0.25, -0.2) is 12.7 Å². The minimum absolute atomic E-state index is 0.118. The van der Waals surface area contributed by atoms with Gasteiger partial charge in [-0.2, -0.15) is 0 Å². The van der Waals surface area contributed by atoms with Crippen molar-refractivity contribution >= 4 is 33.4 Å². The molecule has 2 aliphatic heterocycles. The van der Waals surface area contributed by atoms with Crippen molar-refractivity contribution in [3.05, 3.63) is 29.3 Å². The number of amides is 3. The van der Waals surface area contributed by atoms with Gasteiger partial charge in [0.2, 0.25) is 15.9 Å². The molecule has 0 bridgehead atoms. The van der Waals surface area contributed by atoms with Crippen LogP contribution in [-0.2, 0) is 14.8 Å². The van der Waals surface area contributed by atoms with Crippen molar-refractivity contribution in [2.45, 2.75) is 12.8 Å². The van der Waals surface area contributed by atoms with Crippen LogP contribution in [0.3, 0.4) is 0 Å². The number of nitrogens with zero attached hydrogens (tertiary/aromatic N) is 2. The Bertz CT molecular complexity index is 865. The smallest absolute Gasteiger partial charge is 0.263 e. The highest BCUT2D eigenvalue weighted by molar-refractivity contribution is 7.88. The summed E-state index contributed by atoms with van der Waals surface area (Å²) in [6.07, 6.45) is 2.29. The van der Waals surface area contributed by atoms with Crippen LogP contribution in [0.4, 0.5) is 5.69 Å². The number of rotatable bonds is 3. The molecular formula is C16H19N3O5S. The van der Waals surface area contributed by atoms with Crippen LogP contribution in [0.2, 0.25) is 0 Å². The lowest BCUT2D eigenvalue weighted by atomic mass is 9.98. The Kier molecular flexibility index (Phi) is 4.38. The van der Waals surface area contributed by atoms with Crippen LogP contribution in [-0.4, -0.2) is 61.7 Å². The van der Waals surface area contributed by atoms with E-state index in [1.54, 1.807) is 18.2 Å². The molecule has 0 spiro atoms. The molecule has 1 N–H and O–H groups in total. The van der Waals surface area contributed by atoms with Crippen molar-refractivity contribution in [2.24, 2.45) is 5.92 Å². The van der Waals surface area contributed by atoms with E-state index in [1.807, 2.05) is 0 Å². The third kappa shape index (κ3) is 3.16. The number of carbonyl (C=O) groups is 3.